The Balaban J connectivity index is 2.03. The number of amides is 3. The third kappa shape index (κ3) is 9.90. The van der Waals surface area contributed by atoms with Crippen LogP contribution < -0.4 is 33.2 Å². The number of hydrogen-bond acceptors (Lipinski definition) is 7. The molecule has 12 N–H and O–H groups in total. The zero-order valence-electron chi connectivity index (χ0n) is 22.1. The summed E-state index contributed by atoms with van der Waals surface area (Å²) in [5, 5.41) is 26.8. The SMILES string of the molecule is CC(NC(=O)C(N)CCCN=C(N)N)C(=O)NC(CCC(=O)O)C(=O)NC(Cc1c[nH]c2ccccc12)C(=O)O. The van der Waals surface area contributed by atoms with Gasteiger partial charge in [0.15, 0.2) is 5.96 Å². The highest BCUT2D eigenvalue weighted by molar-refractivity contribution is 5.94. The lowest BCUT2D eigenvalue weighted by Gasteiger charge is -2.23. The highest BCUT2D eigenvalue weighted by atomic mass is 16.4. The van der Waals surface area contributed by atoms with Gasteiger partial charge in [0.1, 0.15) is 18.1 Å². The average Bonchev–Trinajstić information content (AvgIpc) is 3.30. The number of nitrogens with one attached hydrogen (secondary N) is 4. The number of para-hydroxylation sites is 1. The van der Waals surface area contributed by atoms with Crippen LogP contribution in [0.15, 0.2) is 35.5 Å². The van der Waals surface area contributed by atoms with E-state index >= 15 is 0 Å². The minimum absolute atomic E-state index is 0.0573. The summed E-state index contributed by atoms with van der Waals surface area (Å²) in [6, 6.07) is 2.44. The maximum Gasteiger partial charge on any atom is 0.326 e. The fraction of sp³-hybridized carbons (Fsp3) is 0.440. The lowest BCUT2D eigenvalue weighted by Crippen LogP contribution is -2.56. The van der Waals surface area contributed by atoms with E-state index in [1.54, 1.807) is 12.3 Å². The molecular weight excluding hydrogens is 524 g/mol. The van der Waals surface area contributed by atoms with Crippen molar-refractivity contribution in [1.82, 2.24) is 20.9 Å². The Kier molecular flexibility index (Phi) is 11.9. The predicted molar refractivity (Wildman–Crippen MR) is 146 cm³/mol. The highest BCUT2D eigenvalue weighted by Gasteiger charge is 2.29. The van der Waals surface area contributed by atoms with Crippen LogP contribution in [0, 0.1) is 0 Å². The number of carboxylic acids is 2. The van der Waals surface area contributed by atoms with Gasteiger partial charge in [-0.05, 0) is 37.8 Å². The van der Waals surface area contributed by atoms with Crippen molar-refractivity contribution in [1.29, 1.82) is 0 Å². The van der Waals surface area contributed by atoms with Gasteiger partial charge in [-0.15, -0.1) is 0 Å². The molecule has 0 aliphatic heterocycles. The zero-order valence-corrected chi connectivity index (χ0v) is 22.1. The van der Waals surface area contributed by atoms with Gasteiger partial charge >= 0.3 is 11.9 Å². The first-order valence-electron chi connectivity index (χ1n) is 12.6. The molecule has 0 aliphatic rings. The molecule has 15 heteroatoms. The zero-order chi connectivity index (χ0) is 29.8. The molecule has 0 radical (unpaired) electrons. The molecule has 1 aromatic heterocycles. The molecule has 4 unspecified atom stereocenters. The van der Waals surface area contributed by atoms with Gasteiger partial charge in [-0.2, -0.15) is 0 Å². The number of carbonyl (C=O) groups is 5. The Morgan fingerprint density at radius 3 is 2.27 bits per heavy atom. The molecule has 0 aliphatic carbocycles. The lowest BCUT2D eigenvalue weighted by molar-refractivity contribution is -0.143. The number of aliphatic carboxylic acids is 2. The largest absolute Gasteiger partial charge is 0.481 e. The number of rotatable bonds is 16. The van der Waals surface area contributed by atoms with Crippen LogP contribution >= 0.6 is 0 Å². The number of aromatic amines is 1. The summed E-state index contributed by atoms with van der Waals surface area (Å²) in [5.74, 6) is -4.89. The summed E-state index contributed by atoms with van der Waals surface area (Å²) in [7, 11) is 0. The normalized spacial score (nSPS) is 13.8. The first-order valence-corrected chi connectivity index (χ1v) is 12.6. The second-order valence-corrected chi connectivity index (χ2v) is 9.24. The van der Waals surface area contributed by atoms with Gasteiger partial charge in [-0.1, -0.05) is 18.2 Å². The van der Waals surface area contributed by atoms with Crippen LogP contribution in [-0.2, 0) is 30.4 Å². The fourth-order valence-electron chi connectivity index (χ4n) is 3.86. The quantitative estimate of drug-likeness (QED) is 0.0652. The predicted octanol–water partition coefficient (Wildman–Crippen LogP) is -1.48. The van der Waals surface area contributed by atoms with E-state index in [9.17, 15) is 29.1 Å². The maximum atomic E-state index is 13.0. The first kappa shape index (κ1) is 31.6. The van der Waals surface area contributed by atoms with E-state index < -0.39 is 60.2 Å². The third-order valence-corrected chi connectivity index (χ3v) is 6.05. The number of guanidine groups is 1. The van der Waals surface area contributed by atoms with E-state index in [1.807, 2.05) is 18.2 Å². The van der Waals surface area contributed by atoms with Gasteiger partial charge in [0.05, 0.1) is 6.04 Å². The van der Waals surface area contributed by atoms with Crippen LogP contribution in [0.3, 0.4) is 0 Å². The minimum Gasteiger partial charge on any atom is -0.481 e. The summed E-state index contributed by atoms with van der Waals surface area (Å²) >= 11 is 0. The van der Waals surface area contributed by atoms with Gasteiger partial charge in [-0.25, -0.2) is 4.79 Å². The summed E-state index contributed by atoms with van der Waals surface area (Å²) in [6.07, 6.45) is 1.48. The molecule has 218 valence electrons. The van der Waals surface area contributed by atoms with Crippen LogP contribution in [0.2, 0.25) is 0 Å². The molecular formula is C25H36N8O7. The monoisotopic (exact) mass is 560 g/mol. The fourth-order valence-corrected chi connectivity index (χ4v) is 3.86. The third-order valence-electron chi connectivity index (χ3n) is 6.05. The van der Waals surface area contributed by atoms with Crippen molar-refractivity contribution in [2.45, 2.75) is 63.2 Å². The van der Waals surface area contributed by atoms with Gasteiger partial charge in [0.25, 0.3) is 0 Å². The molecule has 3 amide bonds. The Hall–Kier alpha value is -4.66. The molecule has 0 saturated heterocycles. The molecule has 0 saturated carbocycles. The van der Waals surface area contributed by atoms with Gasteiger partial charge in [0.2, 0.25) is 17.7 Å². The smallest absolute Gasteiger partial charge is 0.326 e. The summed E-state index contributed by atoms with van der Waals surface area (Å²) in [4.78, 5) is 68.1. The Morgan fingerprint density at radius 2 is 1.62 bits per heavy atom. The van der Waals surface area contributed by atoms with Crippen molar-refractivity contribution >= 4 is 46.5 Å². The summed E-state index contributed by atoms with van der Waals surface area (Å²) in [5.41, 5.74) is 17.8. The molecule has 0 bridgehead atoms. The first-order chi connectivity index (χ1) is 18.9. The van der Waals surface area contributed by atoms with Crippen LogP contribution in [-0.4, -0.2) is 81.5 Å². The Labute approximate surface area is 229 Å². The number of carboxylic acid groups (broad SMARTS) is 2. The van der Waals surface area contributed by atoms with E-state index in [4.69, 9.17) is 22.3 Å². The molecule has 1 heterocycles. The number of carbonyl (C=O) groups excluding carboxylic acids is 3. The average molecular weight is 561 g/mol. The second kappa shape index (κ2) is 15.1. The Morgan fingerprint density at radius 1 is 0.950 bits per heavy atom. The molecule has 15 nitrogen and oxygen atoms in total. The van der Waals surface area contributed by atoms with Crippen molar-refractivity contribution in [3.8, 4) is 0 Å². The molecule has 1 aromatic carbocycles. The van der Waals surface area contributed by atoms with Gasteiger partial charge < -0.3 is 48.3 Å². The Bertz CT molecular complexity index is 1240. The number of H-pyrrole nitrogens is 1. The van der Waals surface area contributed by atoms with Crippen LogP contribution in [0.4, 0.5) is 0 Å². The molecule has 40 heavy (non-hydrogen) atoms. The molecule has 4 atom stereocenters. The van der Waals surface area contributed by atoms with Gasteiger partial charge in [-0.3, -0.25) is 24.2 Å². The van der Waals surface area contributed by atoms with E-state index in [1.165, 1.54) is 6.92 Å². The standard InChI is InChI=1S/C25H36N8O7/c1-13(31-22(37)16(26)6-4-10-29-25(27)28)21(36)32-18(8-9-20(34)35)23(38)33-19(24(39)40)11-14-12-30-17-7-3-2-5-15(14)17/h2-3,5,7,12-13,16,18-19,30H,4,6,8-11,26H2,1H3,(H,31,37)(H,32,36)(H,33,38)(H,34,35)(H,39,40)(H4,27,28,29). The lowest BCUT2D eigenvalue weighted by atomic mass is 10.0. The minimum atomic E-state index is -1.37. The van der Waals surface area contributed by atoms with Crippen molar-refractivity contribution in [3.63, 3.8) is 0 Å². The van der Waals surface area contributed by atoms with Crippen LogP contribution in [0.5, 0.6) is 0 Å². The summed E-state index contributed by atoms with van der Waals surface area (Å²) < 4.78 is 0. The van der Waals surface area contributed by atoms with Crippen LogP contribution in [0.1, 0.15) is 38.2 Å². The number of fused-ring (bicyclic) bond motifs is 1. The highest BCUT2D eigenvalue weighted by Crippen LogP contribution is 2.19. The van der Waals surface area contributed by atoms with Crippen molar-refractivity contribution in [2.24, 2.45) is 22.2 Å². The van der Waals surface area contributed by atoms with Crippen molar-refractivity contribution in [3.05, 3.63) is 36.0 Å². The molecule has 2 aromatic rings. The molecule has 0 fully saturated rings. The maximum absolute atomic E-state index is 13.0. The topological polar surface area (TPSA) is 268 Å². The van der Waals surface area contributed by atoms with Crippen molar-refractivity contribution < 1.29 is 34.2 Å². The van der Waals surface area contributed by atoms with E-state index in [0.29, 0.717) is 12.0 Å². The van der Waals surface area contributed by atoms with E-state index in [0.717, 1.165) is 10.9 Å². The number of nitrogens with two attached hydrogens (primary N) is 3. The summed E-state index contributed by atoms with van der Waals surface area (Å²) in [6.45, 7) is 1.64. The number of nitrogens with zero attached hydrogens (tertiary/aromatic N) is 1. The van der Waals surface area contributed by atoms with E-state index in [2.05, 4.69) is 25.9 Å². The van der Waals surface area contributed by atoms with E-state index in [-0.39, 0.29) is 31.8 Å². The number of aromatic nitrogens is 1. The second-order valence-electron chi connectivity index (χ2n) is 9.24. The van der Waals surface area contributed by atoms with Gasteiger partial charge in [0, 0.05) is 36.5 Å². The van der Waals surface area contributed by atoms with Crippen LogP contribution in [0.25, 0.3) is 10.9 Å². The molecule has 0 spiro atoms. The van der Waals surface area contributed by atoms with Crippen molar-refractivity contribution in [2.75, 3.05) is 6.54 Å². The number of benzene rings is 1. The number of aliphatic imine (C=N–C) groups is 1. The number of hydrogen-bond donors (Lipinski definition) is 9. The molecule has 2 rings (SSSR count).